The van der Waals surface area contributed by atoms with E-state index in [1.165, 1.54) is 6.20 Å². The normalized spacial score (nSPS) is 17.0. The number of hydrogen-bond donors (Lipinski definition) is 2. The molecule has 1 aliphatic heterocycles. The molecule has 0 bridgehead atoms. The van der Waals surface area contributed by atoms with Gasteiger partial charge in [0, 0.05) is 38.8 Å². The number of likely N-dealkylation sites (N-methyl/N-ethyl adjacent to an activating group) is 1. The van der Waals surface area contributed by atoms with Crippen LogP contribution in [0.25, 0.3) is 11.4 Å². The maximum atomic E-state index is 14.1. The molecule has 1 saturated heterocycles. The molecular formula is C28H31FN8O3. The number of rotatable bonds is 10. The maximum Gasteiger partial charge on any atom is 0.184 e. The highest BCUT2D eigenvalue weighted by Gasteiger charge is 2.32. The summed E-state index contributed by atoms with van der Waals surface area (Å²) < 4.78 is 27.2. The van der Waals surface area contributed by atoms with Crippen molar-refractivity contribution in [1.29, 1.82) is 0 Å². The number of methoxy groups -OCH3 is 1. The Morgan fingerprint density at radius 3 is 2.52 bits per heavy atom. The second kappa shape index (κ2) is 11.7. The molecule has 3 aromatic heterocycles. The van der Waals surface area contributed by atoms with Gasteiger partial charge in [0.25, 0.3) is 0 Å². The number of carbonyl (C=O) groups excluding carboxylic acids is 1. The Labute approximate surface area is 231 Å². The lowest BCUT2D eigenvalue weighted by Crippen LogP contribution is -2.27. The number of likely N-dealkylation sites (tertiary alicyclic amines) is 1. The first-order chi connectivity index (χ1) is 19.3. The minimum absolute atomic E-state index is 0.0635. The quantitative estimate of drug-likeness (QED) is 0.277. The van der Waals surface area contributed by atoms with Crippen LogP contribution in [0.1, 0.15) is 23.7 Å². The third-order valence-corrected chi connectivity index (χ3v) is 6.52. The highest BCUT2D eigenvalue weighted by atomic mass is 19.1. The zero-order chi connectivity index (χ0) is 28.2. The Morgan fingerprint density at radius 2 is 1.88 bits per heavy atom. The number of ether oxygens (including phenoxy) is 2. The Balaban J connectivity index is 1.39. The predicted octanol–water partition coefficient (Wildman–Crippen LogP) is 4.39. The molecule has 4 heterocycles. The van der Waals surface area contributed by atoms with Crippen molar-refractivity contribution < 1.29 is 18.7 Å². The van der Waals surface area contributed by atoms with Crippen LogP contribution < -0.4 is 20.1 Å². The van der Waals surface area contributed by atoms with Gasteiger partial charge in [-0.15, -0.1) is 0 Å². The van der Waals surface area contributed by atoms with Crippen molar-refractivity contribution in [3.05, 3.63) is 60.7 Å². The average Bonchev–Trinajstić information content (AvgIpc) is 3.52. The van der Waals surface area contributed by atoms with Gasteiger partial charge in [-0.2, -0.15) is 5.10 Å². The number of nitrogens with zero attached hydrogens (tertiary/aromatic N) is 6. The number of halogens is 1. The largest absolute Gasteiger partial charge is 0.494 e. The van der Waals surface area contributed by atoms with Crippen LogP contribution in [0.2, 0.25) is 0 Å². The molecule has 2 N–H and O–H groups in total. The molecule has 5 rings (SSSR count). The monoisotopic (exact) mass is 546 g/mol. The number of para-hydroxylation sites is 1. The lowest BCUT2D eigenvalue weighted by atomic mass is 10.1. The summed E-state index contributed by atoms with van der Waals surface area (Å²) in [4.78, 5) is 27.8. The number of carbonyl (C=O) groups is 1. The van der Waals surface area contributed by atoms with Gasteiger partial charge in [0.2, 0.25) is 0 Å². The van der Waals surface area contributed by atoms with Crippen molar-refractivity contribution in [3.63, 3.8) is 0 Å². The van der Waals surface area contributed by atoms with Crippen LogP contribution in [0.5, 0.6) is 11.5 Å². The van der Waals surface area contributed by atoms with E-state index in [1.807, 2.05) is 30.1 Å². The first-order valence-corrected chi connectivity index (χ1v) is 12.9. The molecule has 0 unspecified atom stereocenters. The Kier molecular flexibility index (Phi) is 7.87. The van der Waals surface area contributed by atoms with Crippen molar-refractivity contribution in [3.8, 4) is 22.9 Å². The molecule has 12 heteroatoms. The van der Waals surface area contributed by atoms with Crippen molar-refractivity contribution >= 4 is 28.8 Å². The first-order valence-electron chi connectivity index (χ1n) is 12.9. The highest BCUT2D eigenvalue weighted by molar-refractivity contribution is 6.02. The number of pyridine rings is 2. The lowest BCUT2D eigenvalue weighted by Gasteiger charge is -2.17. The maximum absolute atomic E-state index is 14.1. The minimum atomic E-state index is -1.04. The third-order valence-electron chi connectivity index (χ3n) is 6.52. The summed E-state index contributed by atoms with van der Waals surface area (Å²) >= 11 is 0. The molecule has 0 amide bonds. The van der Waals surface area contributed by atoms with Gasteiger partial charge in [-0.1, -0.05) is 13.0 Å². The molecule has 1 aliphatic rings. The fourth-order valence-electron chi connectivity index (χ4n) is 4.53. The number of aryl methyl sites for hydroxylation is 1. The van der Waals surface area contributed by atoms with Crippen molar-refractivity contribution in [2.75, 3.05) is 37.9 Å². The number of anilines is 4. The van der Waals surface area contributed by atoms with E-state index < -0.39 is 12.3 Å². The van der Waals surface area contributed by atoms with E-state index in [0.29, 0.717) is 71.0 Å². The topological polar surface area (TPSA) is 119 Å². The van der Waals surface area contributed by atoms with Crippen molar-refractivity contribution in [1.82, 2.24) is 29.6 Å². The zero-order valence-electron chi connectivity index (χ0n) is 22.8. The predicted molar refractivity (Wildman–Crippen MR) is 149 cm³/mol. The highest BCUT2D eigenvalue weighted by Crippen LogP contribution is 2.37. The summed E-state index contributed by atoms with van der Waals surface area (Å²) in [7, 11) is 5.23. The van der Waals surface area contributed by atoms with E-state index in [2.05, 4.69) is 30.7 Å². The van der Waals surface area contributed by atoms with Gasteiger partial charge in [-0.25, -0.2) is 19.3 Å². The summed E-state index contributed by atoms with van der Waals surface area (Å²) in [6.45, 7) is 2.68. The molecule has 1 aromatic carbocycles. The van der Waals surface area contributed by atoms with Gasteiger partial charge in [-0.05, 0) is 31.3 Å². The number of alkyl halides is 1. The number of benzene rings is 1. The SMILES string of the molecule is CCC(=O)c1cnc(Nc2ccc(O[C@H]3CN(C)C[C@@H]3F)cn2)cc1Nc1cccc(-c2ncn(C)n2)c1OC. The Bertz CT molecular complexity index is 1490. The zero-order valence-corrected chi connectivity index (χ0v) is 22.8. The van der Waals surface area contributed by atoms with E-state index in [9.17, 15) is 9.18 Å². The van der Waals surface area contributed by atoms with Crippen LogP contribution in [0.15, 0.2) is 55.1 Å². The number of Topliss-reactive ketones (excluding diaryl/α,β-unsaturated/α-hetero) is 1. The van der Waals surface area contributed by atoms with Crippen LogP contribution in [0.4, 0.5) is 27.4 Å². The standard InChI is InChI=1S/C28H31FN8O3/c1-5-23(38)19-13-31-26(34-25-10-9-17(12-30-25)40-24-15-36(2)14-20(24)29)11-22(19)33-21-8-6-7-18(27(21)39-4)28-32-16-37(3)35-28/h6-13,16,20,24H,5,14-15H2,1-4H3,(H2,30,31,33,34)/t20-,24-/m0/s1. The van der Waals surface area contributed by atoms with Crippen molar-refractivity contribution in [2.45, 2.75) is 25.6 Å². The van der Waals surface area contributed by atoms with Crippen LogP contribution >= 0.6 is 0 Å². The fourth-order valence-corrected chi connectivity index (χ4v) is 4.53. The minimum Gasteiger partial charge on any atom is -0.494 e. The smallest absolute Gasteiger partial charge is 0.184 e. The van der Waals surface area contributed by atoms with Crippen LogP contribution in [-0.2, 0) is 7.05 Å². The summed E-state index contributed by atoms with van der Waals surface area (Å²) in [5.74, 6) is 2.47. The van der Waals surface area contributed by atoms with Gasteiger partial charge < -0.3 is 20.1 Å². The summed E-state index contributed by atoms with van der Waals surface area (Å²) in [5.41, 5.74) is 2.33. The summed E-state index contributed by atoms with van der Waals surface area (Å²) in [6.07, 6.45) is 3.45. The molecule has 1 fully saturated rings. The number of ketones is 1. The third kappa shape index (κ3) is 5.86. The second-order valence-corrected chi connectivity index (χ2v) is 9.54. The molecule has 4 aromatic rings. The lowest BCUT2D eigenvalue weighted by molar-refractivity contribution is 0.0988. The van der Waals surface area contributed by atoms with Gasteiger partial charge in [0.15, 0.2) is 23.5 Å². The molecule has 0 radical (unpaired) electrons. The Morgan fingerprint density at radius 1 is 1.05 bits per heavy atom. The van der Waals surface area contributed by atoms with E-state index in [-0.39, 0.29) is 5.78 Å². The Hall–Kier alpha value is -4.58. The van der Waals surface area contributed by atoms with Crippen LogP contribution in [0.3, 0.4) is 0 Å². The number of aromatic nitrogens is 5. The molecule has 11 nitrogen and oxygen atoms in total. The van der Waals surface area contributed by atoms with Crippen LogP contribution in [-0.4, -0.2) is 74.9 Å². The molecule has 0 saturated carbocycles. The van der Waals surface area contributed by atoms with Gasteiger partial charge in [0.1, 0.15) is 29.8 Å². The molecule has 40 heavy (non-hydrogen) atoms. The summed E-state index contributed by atoms with van der Waals surface area (Å²) in [6, 6.07) is 10.8. The van der Waals surface area contributed by atoms with Crippen molar-refractivity contribution in [2.24, 2.45) is 7.05 Å². The fraction of sp³-hybridized carbons (Fsp3) is 0.321. The molecule has 0 spiro atoms. The molecule has 208 valence electrons. The first kappa shape index (κ1) is 27.0. The van der Waals surface area contributed by atoms with E-state index in [1.54, 1.807) is 56.5 Å². The molecular weight excluding hydrogens is 515 g/mol. The average molecular weight is 547 g/mol. The van der Waals surface area contributed by atoms with E-state index >= 15 is 0 Å². The van der Waals surface area contributed by atoms with Crippen LogP contribution in [0, 0.1) is 0 Å². The van der Waals surface area contributed by atoms with Gasteiger partial charge in [-0.3, -0.25) is 14.4 Å². The molecule has 2 atom stereocenters. The second-order valence-electron chi connectivity index (χ2n) is 9.54. The van der Waals surface area contributed by atoms with E-state index in [4.69, 9.17) is 9.47 Å². The summed E-state index contributed by atoms with van der Waals surface area (Å²) in [5, 5.41) is 10.9. The number of nitrogens with one attached hydrogen (secondary N) is 2. The van der Waals surface area contributed by atoms with Gasteiger partial charge in [0.05, 0.1) is 35.8 Å². The number of hydrogen-bond acceptors (Lipinski definition) is 10. The molecule has 0 aliphatic carbocycles. The van der Waals surface area contributed by atoms with E-state index in [0.717, 1.165) is 0 Å². The van der Waals surface area contributed by atoms with Gasteiger partial charge >= 0.3 is 0 Å².